The summed E-state index contributed by atoms with van der Waals surface area (Å²) in [5.41, 5.74) is 1.17. The lowest BCUT2D eigenvalue weighted by molar-refractivity contribution is -0.0440. The molecule has 0 aromatic heterocycles. The van der Waals surface area contributed by atoms with Crippen LogP contribution in [-0.2, 0) is 11.3 Å². The van der Waals surface area contributed by atoms with Gasteiger partial charge in [0.2, 0.25) is 0 Å². The topological polar surface area (TPSA) is 51.2 Å². The molecule has 1 heterocycles. The zero-order valence-corrected chi connectivity index (χ0v) is 19.3. The van der Waals surface area contributed by atoms with Gasteiger partial charge in [0.25, 0.3) is 5.91 Å². The van der Waals surface area contributed by atoms with Crippen molar-refractivity contribution in [3.8, 4) is 11.5 Å². The van der Waals surface area contributed by atoms with Gasteiger partial charge < -0.3 is 19.1 Å². The summed E-state index contributed by atoms with van der Waals surface area (Å²) in [6, 6.07) is 11.9. The molecule has 0 spiro atoms. The Hall–Kier alpha value is -2.64. The highest BCUT2D eigenvalue weighted by Crippen LogP contribution is 2.26. The van der Waals surface area contributed by atoms with E-state index in [1.165, 1.54) is 12.1 Å². The Morgan fingerprint density at radius 1 is 1.22 bits per heavy atom. The van der Waals surface area contributed by atoms with E-state index in [1.54, 1.807) is 31.3 Å². The predicted molar refractivity (Wildman–Crippen MR) is 122 cm³/mol. The number of amides is 1. The lowest BCUT2D eigenvalue weighted by Gasteiger charge is -2.36. The standard InChI is InChI=1S/C25H33FN2O4/c1-18(2)14-28(25(29)22-7-5-6-8-23(22)26)17-21-16-27(11-12-32-21)15-19-9-10-20(30-3)13-24(19)31-4/h5-10,13,18,21H,11-12,14-17H2,1-4H3. The van der Waals surface area contributed by atoms with Crippen molar-refractivity contribution in [3.05, 3.63) is 59.4 Å². The summed E-state index contributed by atoms with van der Waals surface area (Å²) in [5, 5.41) is 0. The lowest BCUT2D eigenvalue weighted by Crippen LogP contribution is -2.49. The van der Waals surface area contributed by atoms with Crippen LogP contribution >= 0.6 is 0 Å². The Balaban J connectivity index is 1.69. The Morgan fingerprint density at radius 3 is 2.69 bits per heavy atom. The van der Waals surface area contributed by atoms with Gasteiger partial charge in [0.05, 0.1) is 32.5 Å². The zero-order valence-electron chi connectivity index (χ0n) is 19.3. The van der Waals surface area contributed by atoms with Crippen molar-refractivity contribution in [1.82, 2.24) is 9.80 Å². The molecule has 0 N–H and O–H groups in total. The minimum absolute atomic E-state index is 0.101. The molecule has 1 atom stereocenters. The maximum atomic E-state index is 14.2. The zero-order chi connectivity index (χ0) is 23.1. The van der Waals surface area contributed by atoms with Crippen LogP contribution in [0.25, 0.3) is 0 Å². The van der Waals surface area contributed by atoms with Gasteiger partial charge in [-0.1, -0.05) is 32.0 Å². The largest absolute Gasteiger partial charge is 0.497 e. The number of rotatable bonds is 9. The van der Waals surface area contributed by atoms with Crippen LogP contribution in [0.2, 0.25) is 0 Å². The highest BCUT2D eigenvalue weighted by Gasteiger charge is 2.27. The number of carbonyl (C=O) groups excluding carboxylic acids is 1. The van der Waals surface area contributed by atoms with Crippen LogP contribution in [0.15, 0.2) is 42.5 Å². The van der Waals surface area contributed by atoms with Gasteiger partial charge in [-0.3, -0.25) is 9.69 Å². The Labute approximate surface area is 189 Å². The second-order valence-corrected chi connectivity index (χ2v) is 8.49. The predicted octanol–water partition coefficient (Wildman–Crippen LogP) is 3.84. The van der Waals surface area contributed by atoms with Gasteiger partial charge in [0.15, 0.2) is 0 Å². The molecule has 3 rings (SSSR count). The van der Waals surface area contributed by atoms with Crippen LogP contribution in [0.3, 0.4) is 0 Å². The summed E-state index contributed by atoms with van der Waals surface area (Å²) in [7, 11) is 3.28. The summed E-state index contributed by atoms with van der Waals surface area (Å²) >= 11 is 0. The quantitative estimate of drug-likeness (QED) is 0.588. The van der Waals surface area contributed by atoms with Gasteiger partial charge >= 0.3 is 0 Å². The molecular weight excluding hydrogens is 411 g/mol. The fraction of sp³-hybridized carbons (Fsp3) is 0.480. The number of hydrogen-bond acceptors (Lipinski definition) is 5. The first-order valence-corrected chi connectivity index (χ1v) is 11.0. The number of benzene rings is 2. The summed E-state index contributed by atoms with van der Waals surface area (Å²) in [5.74, 6) is 0.998. The molecule has 6 nitrogen and oxygen atoms in total. The van der Waals surface area contributed by atoms with E-state index in [9.17, 15) is 9.18 Å². The molecule has 0 aliphatic carbocycles. The van der Waals surface area contributed by atoms with E-state index in [1.807, 2.05) is 32.0 Å². The average Bonchev–Trinajstić information content (AvgIpc) is 2.79. The Morgan fingerprint density at radius 2 is 2.00 bits per heavy atom. The molecule has 1 unspecified atom stereocenters. The maximum absolute atomic E-state index is 14.2. The lowest BCUT2D eigenvalue weighted by atomic mass is 10.1. The third kappa shape index (κ3) is 6.20. The van der Waals surface area contributed by atoms with Crippen LogP contribution in [0.4, 0.5) is 4.39 Å². The molecule has 2 aromatic carbocycles. The SMILES string of the molecule is COc1ccc(CN2CCOC(CN(CC(C)C)C(=O)c3ccccc3F)C2)c(OC)c1. The minimum atomic E-state index is -0.496. The minimum Gasteiger partial charge on any atom is -0.497 e. The molecule has 2 aromatic rings. The molecule has 0 radical (unpaired) electrons. The number of methoxy groups -OCH3 is 2. The van der Waals surface area contributed by atoms with E-state index >= 15 is 0 Å². The third-order valence-corrected chi connectivity index (χ3v) is 5.51. The Bertz CT molecular complexity index is 905. The van der Waals surface area contributed by atoms with Gasteiger partial charge in [0, 0.05) is 44.4 Å². The molecule has 1 fully saturated rings. The van der Waals surface area contributed by atoms with Crippen LogP contribution < -0.4 is 9.47 Å². The van der Waals surface area contributed by atoms with E-state index in [4.69, 9.17) is 14.2 Å². The molecule has 32 heavy (non-hydrogen) atoms. The monoisotopic (exact) mass is 444 g/mol. The molecule has 1 aliphatic heterocycles. The van der Waals surface area contributed by atoms with Gasteiger partial charge in [-0.15, -0.1) is 0 Å². The molecule has 0 saturated carbocycles. The first-order valence-electron chi connectivity index (χ1n) is 11.0. The van der Waals surface area contributed by atoms with E-state index in [0.717, 1.165) is 23.6 Å². The fourth-order valence-electron chi connectivity index (χ4n) is 3.99. The number of carbonyl (C=O) groups is 1. The second kappa shape index (κ2) is 11.3. The Kier molecular flexibility index (Phi) is 8.47. The smallest absolute Gasteiger partial charge is 0.256 e. The summed E-state index contributed by atoms with van der Waals surface area (Å²) in [4.78, 5) is 17.1. The van der Waals surface area contributed by atoms with Crippen LogP contribution in [0, 0.1) is 11.7 Å². The molecule has 7 heteroatoms. The van der Waals surface area contributed by atoms with Crippen molar-refractivity contribution in [2.24, 2.45) is 5.92 Å². The summed E-state index contributed by atoms with van der Waals surface area (Å²) in [6.45, 7) is 7.80. The van der Waals surface area contributed by atoms with Gasteiger partial charge in [-0.2, -0.15) is 0 Å². The van der Waals surface area contributed by atoms with E-state index in [0.29, 0.717) is 32.8 Å². The number of nitrogens with zero attached hydrogens (tertiary/aromatic N) is 2. The van der Waals surface area contributed by atoms with Crippen LogP contribution in [0.1, 0.15) is 29.8 Å². The normalized spacial score (nSPS) is 16.8. The number of halogens is 1. The van der Waals surface area contributed by atoms with E-state index in [2.05, 4.69) is 4.90 Å². The molecule has 1 amide bonds. The number of ether oxygens (including phenoxy) is 3. The molecule has 174 valence electrons. The fourth-order valence-corrected chi connectivity index (χ4v) is 3.99. The van der Waals surface area contributed by atoms with E-state index < -0.39 is 5.82 Å². The van der Waals surface area contributed by atoms with Crippen molar-refractivity contribution in [2.75, 3.05) is 47.0 Å². The maximum Gasteiger partial charge on any atom is 0.256 e. The first kappa shape index (κ1) is 24.0. The van der Waals surface area contributed by atoms with Crippen molar-refractivity contribution in [3.63, 3.8) is 0 Å². The van der Waals surface area contributed by atoms with Gasteiger partial charge in [-0.25, -0.2) is 4.39 Å². The molecule has 1 aliphatic rings. The first-order chi connectivity index (χ1) is 15.4. The second-order valence-electron chi connectivity index (χ2n) is 8.49. The van der Waals surface area contributed by atoms with Gasteiger partial charge in [-0.05, 0) is 24.1 Å². The third-order valence-electron chi connectivity index (χ3n) is 5.51. The number of morpholine rings is 1. The highest BCUT2D eigenvalue weighted by atomic mass is 19.1. The molecular formula is C25H33FN2O4. The summed E-state index contributed by atoms with van der Waals surface area (Å²) < 4.78 is 31.0. The van der Waals surface area contributed by atoms with Crippen LogP contribution in [-0.4, -0.2) is 68.8 Å². The molecule has 0 bridgehead atoms. The number of hydrogen-bond donors (Lipinski definition) is 0. The average molecular weight is 445 g/mol. The van der Waals surface area contributed by atoms with E-state index in [-0.39, 0.29) is 23.5 Å². The molecule has 1 saturated heterocycles. The van der Waals surface area contributed by atoms with Crippen molar-refractivity contribution in [2.45, 2.75) is 26.5 Å². The van der Waals surface area contributed by atoms with Gasteiger partial charge in [0.1, 0.15) is 17.3 Å². The van der Waals surface area contributed by atoms with Crippen molar-refractivity contribution < 1.29 is 23.4 Å². The summed E-state index contributed by atoms with van der Waals surface area (Å²) in [6.07, 6.45) is -0.150. The van der Waals surface area contributed by atoms with Crippen LogP contribution in [0.5, 0.6) is 11.5 Å². The highest BCUT2D eigenvalue weighted by molar-refractivity contribution is 5.94. The van der Waals surface area contributed by atoms with Crippen molar-refractivity contribution in [1.29, 1.82) is 0 Å². The van der Waals surface area contributed by atoms with Crippen molar-refractivity contribution >= 4 is 5.91 Å².